The van der Waals surface area contributed by atoms with Gasteiger partial charge in [0, 0.05) is 23.0 Å². The van der Waals surface area contributed by atoms with Gasteiger partial charge >= 0.3 is 0 Å². The molecule has 2 aromatic rings. The molecule has 22 heavy (non-hydrogen) atoms. The van der Waals surface area contributed by atoms with Crippen LogP contribution >= 0.6 is 0 Å². The number of hydrogen-bond acceptors (Lipinski definition) is 2. The first-order chi connectivity index (χ1) is 10.8. The van der Waals surface area contributed by atoms with E-state index in [0.717, 1.165) is 36.8 Å². The Morgan fingerprint density at radius 2 is 0.909 bits per heavy atom. The van der Waals surface area contributed by atoms with Gasteiger partial charge < -0.3 is 0 Å². The highest BCUT2D eigenvalue weighted by Gasteiger charge is 2.30. The molecule has 2 aromatic carbocycles. The molecule has 1 fully saturated rings. The van der Waals surface area contributed by atoms with E-state index in [9.17, 15) is 9.59 Å². The lowest BCUT2D eigenvalue weighted by Gasteiger charge is -2.26. The van der Waals surface area contributed by atoms with Crippen LogP contribution in [0.5, 0.6) is 0 Å². The van der Waals surface area contributed by atoms with Gasteiger partial charge in [0.15, 0.2) is 11.6 Å². The largest absolute Gasteiger partial charge is 0.294 e. The number of benzene rings is 2. The van der Waals surface area contributed by atoms with Crippen LogP contribution in [0, 0.1) is 11.8 Å². The van der Waals surface area contributed by atoms with Crippen LogP contribution in [-0.2, 0) is 0 Å². The summed E-state index contributed by atoms with van der Waals surface area (Å²) in [5.74, 6) is 0.599. The van der Waals surface area contributed by atoms with Crippen molar-refractivity contribution in [2.75, 3.05) is 0 Å². The number of Topliss-reactive ketones (excluding diaryl/α,β-unsaturated/α-hetero) is 2. The van der Waals surface area contributed by atoms with Gasteiger partial charge in [-0.2, -0.15) is 0 Å². The molecule has 2 heteroatoms. The SMILES string of the molecule is O=C(c1ccccc1)C1CCC(C(=O)c2ccccc2)CC1. The van der Waals surface area contributed by atoms with E-state index in [4.69, 9.17) is 0 Å². The van der Waals surface area contributed by atoms with Crippen molar-refractivity contribution >= 4 is 11.6 Å². The molecule has 0 bridgehead atoms. The molecule has 112 valence electrons. The van der Waals surface area contributed by atoms with Crippen molar-refractivity contribution < 1.29 is 9.59 Å². The minimum absolute atomic E-state index is 0.0715. The molecule has 0 aromatic heterocycles. The van der Waals surface area contributed by atoms with E-state index in [0.29, 0.717) is 0 Å². The van der Waals surface area contributed by atoms with E-state index in [2.05, 4.69) is 0 Å². The predicted molar refractivity (Wildman–Crippen MR) is 87.0 cm³/mol. The normalized spacial score (nSPS) is 21.3. The Bertz CT molecular complexity index is 578. The quantitative estimate of drug-likeness (QED) is 0.774. The molecule has 0 atom stereocenters. The van der Waals surface area contributed by atoms with Gasteiger partial charge in [0.05, 0.1) is 0 Å². The summed E-state index contributed by atoms with van der Waals surface area (Å²) in [5.41, 5.74) is 1.58. The second-order valence-corrected chi connectivity index (χ2v) is 6.01. The zero-order chi connectivity index (χ0) is 15.4. The first-order valence-corrected chi connectivity index (χ1v) is 7.94. The third kappa shape index (κ3) is 3.16. The third-order valence-electron chi connectivity index (χ3n) is 4.59. The minimum Gasteiger partial charge on any atom is -0.294 e. The molecule has 1 aliphatic carbocycles. The maximum absolute atomic E-state index is 12.5. The summed E-state index contributed by atoms with van der Waals surface area (Å²) >= 11 is 0. The molecule has 3 rings (SSSR count). The second-order valence-electron chi connectivity index (χ2n) is 6.01. The number of hydrogen-bond donors (Lipinski definition) is 0. The lowest BCUT2D eigenvalue weighted by molar-refractivity contribution is 0.0797. The lowest BCUT2D eigenvalue weighted by atomic mass is 9.76. The van der Waals surface area contributed by atoms with Crippen LogP contribution in [0.1, 0.15) is 46.4 Å². The Morgan fingerprint density at radius 3 is 1.23 bits per heavy atom. The molecule has 0 N–H and O–H groups in total. The maximum atomic E-state index is 12.5. The predicted octanol–water partition coefficient (Wildman–Crippen LogP) is 4.56. The summed E-state index contributed by atoms with van der Waals surface area (Å²) in [6, 6.07) is 19.0. The van der Waals surface area contributed by atoms with Gasteiger partial charge in [-0.1, -0.05) is 60.7 Å². The minimum atomic E-state index is 0.0715. The highest BCUT2D eigenvalue weighted by molar-refractivity contribution is 5.99. The Labute approximate surface area is 131 Å². The summed E-state index contributed by atoms with van der Waals surface area (Å²) in [6.45, 7) is 0. The molecule has 0 spiro atoms. The third-order valence-corrected chi connectivity index (χ3v) is 4.59. The number of ketones is 2. The van der Waals surface area contributed by atoms with E-state index in [1.807, 2.05) is 60.7 Å². The van der Waals surface area contributed by atoms with E-state index in [1.54, 1.807) is 0 Å². The zero-order valence-electron chi connectivity index (χ0n) is 12.6. The van der Waals surface area contributed by atoms with Gasteiger partial charge in [-0.05, 0) is 25.7 Å². The first-order valence-electron chi connectivity index (χ1n) is 7.94. The Kier molecular flexibility index (Phi) is 4.47. The van der Waals surface area contributed by atoms with Crippen LogP contribution in [0.3, 0.4) is 0 Å². The van der Waals surface area contributed by atoms with Crippen molar-refractivity contribution in [1.82, 2.24) is 0 Å². The van der Waals surface area contributed by atoms with Crippen LogP contribution in [0.25, 0.3) is 0 Å². The smallest absolute Gasteiger partial charge is 0.165 e. The lowest BCUT2D eigenvalue weighted by Crippen LogP contribution is -2.26. The van der Waals surface area contributed by atoms with Crippen LogP contribution in [0.15, 0.2) is 60.7 Å². The van der Waals surface area contributed by atoms with E-state index in [1.165, 1.54) is 0 Å². The van der Waals surface area contributed by atoms with Crippen LogP contribution in [-0.4, -0.2) is 11.6 Å². The average Bonchev–Trinajstić information content (AvgIpc) is 2.62. The Balaban J connectivity index is 1.61. The van der Waals surface area contributed by atoms with Crippen molar-refractivity contribution in [2.24, 2.45) is 11.8 Å². The zero-order valence-corrected chi connectivity index (χ0v) is 12.6. The molecule has 1 aliphatic rings. The molecule has 0 heterocycles. The number of rotatable bonds is 4. The fourth-order valence-corrected chi connectivity index (χ4v) is 3.29. The van der Waals surface area contributed by atoms with Crippen molar-refractivity contribution in [3.63, 3.8) is 0 Å². The molecular weight excluding hydrogens is 272 g/mol. The molecule has 0 amide bonds. The van der Waals surface area contributed by atoms with E-state index < -0.39 is 0 Å². The summed E-state index contributed by atoms with van der Waals surface area (Å²) in [4.78, 5) is 24.9. The number of carbonyl (C=O) groups excluding carboxylic acids is 2. The van der Waals surface area contributed by atoms with Crippen LogP contribution < -0.4 is 0 Å². The van der Waals surface area contributed by atoms with Gasteiger partial charge in [0.2, 0.25) is 0 Å². The first kappa shape index (κ1) is 14.7. The summed E-state index contributed by atoms with van der Waals surface area (Å²) < 4.78 is 0. The molecular formula is C20H20O2. The fourth-order valence-electron chi connectivity index (χ4n) is 3.29. The molecule has 0 unspecified atom stereocenters. The standard InChI is InChI=1S/C20H20O2/c21-19(15-7-3-1-4-8-15)17-11-13-18(14-12-17)20(22)16-9-5-2-6-10-16/h1-10,17-18H,11-14H2. The van der Waals surface area contributed by atoms with Gasteiger partial charge in [0.25, 0.3) is 0 Å². The van der Waals surface area contributed by atoms with Gasteiger partial charge in [0.1, 0.15) is 0 Å². The molecule has 2 nitrogen and oxygen atoms in total. The highest BCUT2D eigenvalue weighted by atomic mass is 16.1. The van der Waals surface area contributed by atoms with Crippen molar-refractivity contribution in [3.05, 3.63) is 71.8 Å². The van der Waals surface area contributed by atoms with Crippen molar-refractivity contribution in [1.29, 1.82) is 0 Å². The fraction of sp³-hybridized carbons (Fsp3) is 0.300. The van der Waals surface area contributed by atoms with E-state index >= 15 is 0 Å². The summed E-state index contributed by atoms with van der Waals surface area (Å²) in [7, 11) is 0. The second kappa shape index (κ2) is 6.69. The van der Waals surface area contributed by atoms with Crippen molar-refractivity contribution in [2.45, 2.75) is 25.7 Å². The van der Waals surface area contributed by atoms with E-state index in [-0.39, 0.29) is 23.4 Å². The monoisotopic (exact) mass is 292 g/mol. The summed E-state index contributed by atoms with van der Waals surface area (Å²) in [5, 5.41) is 0. The number of carbonyl (C=O) groups is 2. The maximum Gasteiger partial charge on any atom is 0.165 e. The average molecular weight is 292 g/mol. The highest BCUT2D eigenvalue weighted by Crippen LogP contribution is 2.32. The van der Waals surface area contributed by atoms with Gasteiger partial charge in [-0.3, -0.25) is 9.59 Å². The topological polar surface area (TPSA) is 34.1 Å². The van der Waals surface area contributed by atoms with Crippen LogP contribution in [0.4, 0.5) is 0 Å². The molecule has 1 saturated carbocycles. The Morgan fingerprint density at radius 1 is 0.591 bits per heavy atom. The van der Waals surface area contributed by atoms with Crippen molar-refractivity contribution in [3.8, 4) is 0 Å². The molecule has 0 aliphatic heterocycles. The Hall–Kier alpha value is -2.22. The van der Waals surface area contributed by atoms with Crippen LogP contribution in [0.2, 0.25) is 0 Å². The summed E-state index contributed by atoms with van der Waals surface area (Å²) in [6.07, 6.45) is 3.27. The molecule has 0 radical (unpaired) electrons. The molecule has 0 saturated heterocycles. The van der Waals surface area contributed by atoms with Gasteiger partial charge in [-0.15, -0.1) is 0 Å². The van der Waals surface area contributed by atoms with Gasteiger partial charge in [-0.25, -0.2) is 0 Å².